The molecule has 0 unspecified atom stereocenters. The second-order valence-electron chi connectivity index (χ2n) is 9.69. The molecule has 11 heteroatoms. The molecule has 0 fully saturated rings. The van der Waals surface area contributed by atoms with Crippen molar-refractivity contribution in [1.29, 1.82) is 0 Å². The van der Waals surface area contributed by atoms with E-state index in [9.17, 15) is 8.78 Å². The summed E-state index contributed by atoms with van der Waals surface area (Å²) in [5, 5.41) is 11.9. The van der Waals surface area contributed by atoms with Crippen LogP contribution in [0.1, 0.15) is 28.1 Å². The number of rotatable bonds is 5. The van der Waals surface area contributed by atoms with Crippen LogP contribution in [-0.2, 0) is 19.5 Å². The zero-order valence-electron chi connectivity index (χ0n) is 21.1. The maximum atomic E-state index is 14.6. The largest absolute Gasteiger partial charge is 0.312 e. The van der Waals surface area contributed by atoms with Gasteiger partial charge in [-0.2, -0.15) is 0 Å². The van der Waals surface area contributed by atoms with Gasteiger partial charge in [0, 0.05) is 60.4 Å². The van der Waals surface area contributed by atoms with Gasteiger partial charge in [0.1, 0.15) is 17.3 Å². The highest BCUT2D eigenvalue weighted by Crippen LogP contribution is 2.29. The predicted octanol–water partition coefficient (Wildman–Crippen LogP) is 4.80. The summed E-state index contributed by atoms with van der Waals surface area (Å²) >= 11 is 5.93. The van der Waals surface area contributed by atoms with Crippen molar-refractivity contribution in [3.63, 3.8) is 0 Å². The van der Waals surface area contributed by atoms with Crippen LogP contribution in [0.3, 0.4) is 0 Å². The first-order valence-corrected chi connectivity index (χ1v) is 13.1. The minimum Gasteiger partial charge on any atom is -0.312 e. The molecule has 5 aromatic rings. The molecule has 8 nitrogen and oxygen atoms in total. The monoisotopic (exact) mass is 554 g/mol. The molecule has 0 spiro atoms. The number of halogens is 3. The lowest BCUT2D eigenvalue weighted by atomic mass is 9.99. The fourth-order valence-electron chi connectivity index (χ4n) is 5.04. The molecule has 2 aliphatic heterocycles. The van der Waals surface area contributed by atoms with Crippen molar-refractivity contribution < 1.29 is 8.78 Å². The number of pyridine rings is 3. The van der Waals surface area contributed by atoms with E-state index >= 15 is 0 Å². The number of nitrogens with one attached hydrogen (secondary N) is 1. The molecule has 1 aromatic carbocycles. The second kappa shape index (κ2) is 9.96. The van der Waals surface area contributed by atoms with Gasteiger partial charge >= 0.3 is 0 Å². The van der Waals surface area contributed by atoms with Gasteiger partial charge in [0.2, 0.25) is 0 Å². The Morgan fingerprint density at radius 1 is 0.975 bits per heavy atom. The summed E-state index contributed by atoms with van der Waals surface area (Å²) in [4.78, 5) is 18.4. The van der Waals surface area contributed by atoms with Crippen molar-refractivity contribution in [3.8, 4) is 11.3 Å². The molecule has 198 valence electrons. The zero-order chi connectivity index (χ0) is 27.2. The third kappa shape index (κ3) is 4.55. The van der Waals surface area contributed by atoms with E-state index in [1.54, 1.807) is 10.9 Å². The van der Waals surface area contributed by atoms with Gasteiger partial charge in [-0.15, -0.1) is 5.10 Å². The average molecular weight is 555 g/mol. The van der Waals surface area contributed by atoms with Crippen LogP contribution in [0, 0.1) is 11.6 Å². The topological polar surface area (TPSA) is 93.8 Å². The fourth-order valence-corrected chi connectivity index (χ4v) is 5.21. The van der Waals surface area contributed by atoms with Crippen LogP contribution in [-0.4, -0.2) is 48.7 Å². The van der Waals surface area contributed by atoms with E-state index < -0.39 is 11.6 Å². The van der Waals surface area contributed by atoms with Gasteiger partial charge in [0.05, 0.1) is 46.7 Å². The normalized spacial score (nSPS) is 14.8. The van der Waals surface area contributed by atoms with E-state index in [0.29, 0.717) is 46.8 Å². The lowest BCUT2D eigenvalue weighted by molar-refractivity contribution is 0.582. The molecule has 0 amide bonds. The number of nitrogens with zero attached hydrogens (tertiary/aromatic N) is 7. The first-order valence-electron chi connectivity index (χ1n) is 12.8. The van der Waals surface area contributed by atoms with Crippen LogP contribution in [0.15, 0.2) is 66.1 Å². The van der Waals surface area contributed by atoms with E-state index in [-0.39, 0.29) is 10.6 Å². The van der Waals surface area contributed by atoms with Gasteiger partial charge in [-0.3, -0.25) is 15.0 Å². The zero-order valence-corrected chi connectivity index (χ0v) is 21.8. The minimum atomic E-state index is -0.817. The van der Waals surface area contributed by atoms with Gasteiger partial charge in [-0.25, -0.2) is 18.4 Å². The Labute approximate surface area is 232 Å². The van der Waals surface area contributed by atoms with Crippen molar-refractivity contribution >= 4 is 33.9 Å². The Kier molecular flexibility index (Phi) is 6.13. The maximum absolute atomic E-state index is 14.6. The Bertz CT molecular complexity index is 1860. The van der Waals surface area contributed by atoms with E-state index in [1.807, 2.05) is 36.7 Å². The number of hydrogen-bond donors (Lipinski definition) is 1. The molecule has 40 heavy (non-hydrogen) atoms. The van der Waals surface area contributed by atoms with Gasteiger partial charge in [0.25, 0.3) is 0 Å². The van der Waals surface area contributed by atoms with Gasteiger partial charge in [0.15, 0.2) is 0 Å². The van der Waals surface area contributed by atoms with Crippen molar-refractivity contribution in [1.82, 2.24) is 35.3 Å². The summed E-state index contributed by atoms with van der Waals surface area (Å²) < 4.78 is 30.1. The Balaban J connectivity index is 1.16. The van der Waals surface area contributed by atoms with Gasteiger partial charge in [-0.1, -0.05) is 22.9 Å². The van der Waals surface area contributed by atoms with Crippen molar-refractivity contribution in [2.24, 2.45) is 4.99 Å². The lowest BCUT2D eigenvalue weighted by Crippen LogP contribution is -2.24. The number of allylic oxidation sites excluding steroid dienone is 1. The maximum Gasteiger partial charge on any atom is 0.144 e. The van der Waals surface area contributed by atoms with Gasteiger partial charge < -0.3 is 5.32 Å². The highest BCUT2D eigenvalue weighted by Gasteiger charge is 2.22. The summed E-state index contributed by atoms with van der Waals surface area (Å²) in [5.41, 5.74) is 7.95. The van der Waals surface area contributed by atoms with Crippen molar-refractivity contribution in [3.05, 3.63) is 106 Å². The molecular formula is C29H21ClF2N8. The predicted molar refractivity (Wildman–Crippen MR) is 148 cm³/mol. The molecule has 0 saturated heterocycles. The SMILES string of the molecule is Fc1cc(F)c(C2=NCC=C2c2ccc3ncc(-c4cn(Cc5cnc6c(c5)CNCC6)nn4)cc3n2)cc1Cl. The first-order chi connectivity index (χ1) is 19.5. The molecule has 0 radical (unpaired) electrons. The summed E-state index contributed by atoms with van der Waals surface area (Å²) in [6.07, 6.45) is 8.30. The highest BCUT2D eigenvalue weighted by atomic mass is 35.5. The van der Waals surface area contributed by atoms with Crippen LogP contribution < -0.4 is 5.32 Å². The molecule has 0 bridgehead atoms. The molecule has 4 aromatic heterocycles. The number of fused-ring (bicyclic) bond motifs is 2. The summed E-state index contributed by atoms with van der Waals surface area (Å²) in [6, 6.07) is 9.75. The van der Waals surface area contributed by atoms with Gasteiger partial charge in [-0.05, 0) is 41.5 Å². The van der Waals surface area contributed by atoms with Crippen LogP contribution >= 0.6 is 11.6 Å². The number of hydrogen-bond acceptors (Lipinski definition) is 7. The van der Waals surface area contributed by atoms with Crippen LogP contribution in [0.5, 0.6) is 0 Å². The van der Waals surface area contributed by atoms with Crippen LogP contribution in [0.4, 0.5) is 8.78 Å². The second-order valence-corrected chi connectivity index (χ2v) is 10.1. The van der Waals surface area contributed by atoms with Crippen molar-refractivity contribution in [2.75, 3.05) is 13.1 Å². The third-order valence-corrected chi connectivity index (χ3v) is 7.32. The van der Waals surface area contributed by atoms with E-state index in [1.165, 1.54) is 11.6 Å². The average Bonchev–Trinajstić information content (AvgIpc) is 3.65. The summed E-state index contributed by atoms with van der Waals surface area (Å²) in [6.45, 7) is 2.69. The smallest absolute Gasteiger partial charge is 0.144 e. The Hall–Kier alpha value is -4.41. The first kappa shape index (κ1) is 24.6. The number of aliphatic imine (C=N–C) groups is 1. The Morgan fingerprint density at radius 2 is 1.90 bits per heavy atom. The summed E-state index contributed by atoms with van der Waals surface area (Å²) in [5.74, 6) is -1.55. The fraction of sp³-hybridized carbons (Fsp3) is 0.172. The molecule has 1 N–H and O–H groups in total. The molecule has 0 saturated carbocycles. The molecule has 0 aliphatic carbocycles. The Morgan fingerprint density at radius 3 is 2.83 bits per heavy atom. The molecule has 7 rings (SSSR count). The quantitative estimate of drug-likeness (QED) is 0.314. The number of benzene rings is 1. The van der Waals surface area contributed by atoms with Crippen molar-refractivity contribution in [2.45, 2.75) is 19.5 Å². The lowest BCUT2D eigenvalue weighted by Gasteiger charge is -2.16. The van der Waals surface area contributed by atoms with E-state index in [4.69, 9.17) is 16.6 Å². The molecule has 0 atom stereocenters. The summed E-state index contributed by atoms with van der Waals surface area (Å²) in [7, 11) is 0. The molecular weight excluding hydrogens is 534 g/mol. The van der Waals surface area contributed by atoms with E-state index in [0.717, 1.165) is 42.4 Å². The number of aromatic nitrogens is 6. The standard InChI is InChI=1S/C29H21ClF2N8/c30-21-9-20(22(31)10-23(21)32)29-19(3-6-34-29)25-1-2-26-27(37-25)8-18(13-36-26)28-15-40(39-38-28)14-16-7-17-12-33-5-4-24(17)35-11-16/h1-3,7-11,13,15,33H,4-6,12,14H2. The molecule has 2 aliphatic rings. The third-order valence-electron chi connectivity index (χ3n) is 7.03. The molecule has 6 heterocycles. The highest BCUT2D eigenvalue weighted by molar-refractivity contribution is 6.35. The van der Waals surface area contributed by atoms with Crippen LogP contribution in [0.25, 0.3) is 27.9 Å². The van der Waals surface area contributed by atoms with E-state index in [2.05, 4.69) is 36.7 Å². The van der Waals surface area contributed by atoms with Crippen LogP contribution in [0.2, 0.25) is 5.02 Å². The minimum absolute atomic E-state index is 0.130.